The summed E-state index contributed by atoms with van der Waals surface area (Å²) in [6.45, 7) is 10.1. The summed E-state index contributed by atoms with van der Waals surface area (Å²) >= 11 is 0. The lowest BCUT2D eigenvalue weighted by Gasteiger charge is -2.35. The second kappa shape index (κ2) is 9.49. The van der Waals surface area contributed by atoms with E-state index in [1.54, 1.807) is 9.80 Å². The van der Waals surface area contributed by atoms with Gasteiger partial charge in [0, 0.05) is 45.6 Å². The number of nitrogens with zero attached hydrogens (tertiary/aromatic N) is 2. The number of hydrogen-bond acceptors (Lipinski definition) is 4. The minimum absolute atomic E-state index is 0.0375. The van der Waals surface area contributed by atoms with Crippen molar-refractivity contribution in [3.63, 3.8) is 0 Å². The molecular weight excluding hydrogens is 310 g/mol. The number of rotatable bonds is 6. The molecule has 0 aromatic rings. The molecule has 1 N–H and O–H groups in total. The highest BCUT2D eigenvalue weighted by atomic mass is 16.6. The van der Waals surface area contributed by atoms with Crippen LogP contribution >= 0.6 is 0 Å². The second-order valence-electron chi connectivity index (χ2n) is 7.05. The van der Waals surface area contributed by atoms with E-state index in [0.29, 0.717) is 32.7 Å². The van der Waals surface area contributed by atoms with Crippen LogP contribution < -0.4 is 5.32 Å². The molecule has 7 heteroatoms. The average Bonchev–Trinajstić information content (AvgIpc) is 2.51. The Morgan fingerprint density at radius 3 is 2.12 bits per heavy atom. The molecule has 0 bridgehead atoms. The molecule has 7 nitrogen and oxygen atoms in total. The Hall–Kier alpha value is -1.79. The number of unbranched alkanes of at least 4 members (excludes halogenated alkanes) is 1. The quantitative estimate of drug-likeness (QED) is 0.747. The van der Waals surface area contributed by atoms with Gasteiger partial charge in [0.25, 0.3) is 0 Å². The van der Waals surface area contributed by atoms with Gasteiger partial charge in [0.05, 0.1) is 0 Å². The van der Waals surface area contributed by atoms with Crippen LogP contribution in [0.5, 0.6) is 0 Å². The van der Waals surface area contributed by atoms with Crippen molar-refractivity contribution in [1.29, 1.82) is 0 Å². The van der Waals surface area contributed by atoms with Gasteiger partial charge in [-0.15, -0.1) is 0 Å². The molecule has 0 unspecified atom stereocenters. The molecule has 0 aromatic carbocycles. The SMILES string of the molecule is CCCCNC(=O)CCC(=O)N1CCN(C(=O)OC(C)(C)C)CC1. The summed E-state index contributed by atoms with van der Waals surface area (Å²) in [4.78, 5) is 39.1. The summed E-state index contributed by atoms with van der Waals surface area (Å²) in [7, 11) is 0. The summed E-state index contributed by atoms with van der Waals surface area (Å²) < 4.78 is 5.33. The van der Waals surface area contributed by atoms with E-state index in [4.69, 9.17) is 4.74 Å². The van der Waals surface area contributed by atoms with E-state index in [9.17, 15) is 14.4 Å². The predicted octanol–water partition coefficient (Wildman–Crippen LogP) is 1.76. The lowest BCUT2D eigenvalue weighted by molar-refractivity contribution is -0.135. The molecular formula is C17H31N3O4. The van der Waals surface area contributed by atoms with Gasteiger partial charge < -0.3 is 19.9 Å². The van der Waals surface area contributed by atoms with Crippen LogP contribution in [0.15, 0.2) is 0 Å². The first-order chi connectivity index (χ1) is 11.2. The van der Waals surface area contributed by atoms with Crippen LogP contribution in [-0.2, 0) is 14.3 Å². The number of hydrogen-bond donors (Lipinski definition) is 1. The first-order valence-corrected chi connectivity index (χ1v) is 8.75. The first kappa shape index (κ1) is 20.3. The van der Waals surface area contributed by atoms with Crippen LogP contribution in [-0.4, -0.2) is 66.0 Å². The number of ether oxygens (including phenoxy) is 1. The minimum Gasteiger partial charge on any atom is -0.444 e. The summed E-state index contributed by atoms with van der Waals surface area (Å²) in [6.07, 6.45) is 2.07. The van der Waals surface area contributed by atoms with Crippen LogP contribution in [0.4, 0.5) is 4.79 Å². The van der Waals surface area contributed by atoms with Gasteiger partial charge in [-0.25, -0.2) is 4.79 Å². The molecule has 1 fully saturated rings. The third-order valence-corrected chi connectivity index (χ3v) is 3.70. The Bertz CT molecular complexity index is 438. The average molecular weight is 341 g/mol. The lowest BCUT2D eigenvalue weighted by Crippen LogP contribution is -2.51. The third kappa shape index (κ3) is 7.66. The van der Waals surface area contributed by atoms with E-state index in [2.05, 4.69) is 12.2 Å². The maximum Gasteiger partial charge on any atom is 0.410 e. The van der Waals surface area contributed by atoms with E-state index < -0.39 is 5.60 Å². The van der Waals surface area contributed by atoms with Crippen LogP contribution in [0, 0.1) is 0 Å². The first-order valence-electron chi connectivity index (χ1n) is 8.75. The zero-order valence-electron chi connectivity index (χ0n) is 15.4. The topological polar surface area (TPSA) is 79.0 Å². The van der Waals surface area contributed by atoms with Gasteiger partial charge in [-0.05, 0) is 27.2 Å². The summed E-state index contributed by atoms with van der Waals surface area (Å²) in [6, 6.07) is 0. The van der Waals surface area contributed by atoms with Crippen molar-refractivity contribution in [1.82, 2.24) is 15.1 Å². The van der Waals surface area contributed by atoms with Crippen LogP contribution in [0.2, 0.25) is 0 Å². The van der Waals surface area contributed by atoms with Crippen LogP contribution in [0.1, 0.15) is 53.4 Å². The highest BCUT2D eigenvalue weighted by Crippen LogP contribution is 2.12. The fourth-order valence-electron chi connectivity index (χ4n) is 2.34. The molecule has 0 aromatic heterocycles. The number of amides is 3. The van der Waals surface area contributed by atoms with Gasteiger partial charge in [-0.3, -0.25) is 9.59 Å². The second-order valence-corrected chi connectivity index (χ2v) is 7.05. The van der Waals surface area contributed by atoms with Gasteiger partial charge in [0.1, 0.15) is 5.60 Å². The van der Waals surface area contributed by atoms with E-state index in [-0.39, 0.29) is 30.7 Å². The van der Waals surface area contributed by atoms with Crippen LogP contribution in [0.3, 0.4) is 0 Å². The molecule has 1 aliphatic heterocycles. The Morgan fingerprint density at radius 2 is 1.58 bits per heavy atom. The van der Waals surface area contributed by atoms with Gasteiger partial charge in [-0.1, -0.05) is 13.3 Å². The van der Waals surface area contributed by atoms with Gasteiger partial charge in [0.2, 0.25) is 11.8 Å². The molecule has 0 spiro atoms. The molecule has 138 valence electrons. The molecule has 0 radical (unpaired) electrons. The lowest BCUT2D eigenvalue weighted by atomic mass is 10.2. The fraction of sp³-hybridized carbons (Fsp3) is 0.824. The summed E-state index contributed by atoms with van der Waals surface area (Å²) in [5.74, 6) is -0.117. The summed E-state index contributed by atoms with van der Waals surface area (Å²) in [5.41, 5.74) is -0.519. The monoisotopic (exact) mass is 341 g/mol. The predicted molar refractivity (Wildman–Crippen MR) is 91.5 cm³/mol. The molecule has 1 heterocycles. The zero-order chi connectivity index (χ0) is 18.2. The molecule has 0 saturated carbocycles. The van der Waals surface area contributed by atoms with Gasteiger partial charge in [-0.2, -0.15) is 0 Å². The van der Waals surface area contributed by atoms with Crippen molar-refractivity contribution >= 4 is 17.9 Å². The van der Waals surface area contributed by atoms with Crippen molar-refractivity contribution in [3.8, 4) is 0 Å². The highest BCUT2D eigenvalue weighted by Gasteiger charge is 2.27. The number of carbonyl (C=O) groups is 3. The minimum atomic E-state index is -0.519. The smallest absolute Gasteiger partial charge is 0.410 e. The van der Waals surface area contributed by atoms with E-state index in [0.717, 1.165) is 12.8 Å². The number of piperazine rings is 1. The maximum absolute atomic E-state index is 12.1. The molecule has 0 atom stereocenters. The molecule has 1 rings (SSSR count). The van der Waals surface area contributed by atoms with Gasteiger partial charge in [0.15, 0.2) is 0 Å². The highest BCUT2D eigenvalue weighted by molar-refractivity contribution is 5.84. The molecule has 1 aliphatic rings. The third-order valence-electron chi connectivity index (χ3n) is 3.70. The zero-order valence-corrected chi connectivity index (χ0v) is 15.4. The van der Waals surface area contributed by atoms with Crippen molar-refractivity contribution in [3.05, 3.63) is 0 Å². The van der Waals surface area contributed by atoms with Crippen LogP contribution in [0.25, 0.3) is 0 Å². The normalized spacial score (nSPS) is 15.2. The van der Waals surface area contributed by atoms with Crippen molar-refractivity contribution in [2.75, 3.05) is 32.7 Å². The standard InChI is InChI=1S/C17H31N3O4/c1-5-6-9-18-14(21)7-8-15(22)19-10-12-20(13-11-19)16(23)24-17(2,3)4/h5-13H2,1-4H3,(H,18,21). The van der Waals surface area contributed by atoms with Crippen molar-refractivity contribution < 1.29 is 19.1 Å². The molecule has 24 heavy (non-hydrogen) atoms. The fourth-order valence-corrected chi connectivity index (χ4v) is 2.34. The van der Waals surface area contributed by atoms with Crippen molar-refractivity contribution in [2.45, 2.75) is 59.0 Å². The van der Waals surface area contributed by atoms with Crippen molar-refractivity contribution in [2.24, 2.45) is 0 Å². The van der Waals surface area contributed by atoms with E-state index >= 15 is 0 Å². The largest absolute Gasteiger partial charge is 0.444 e. The Morgan fingerprint density at radius 1 is 1.00 bits per heavy atom. The van der Waals surface area contributed by atoms with E-state index in [1.807, 2.05) is 20.8 Å². The molecule has 0 aliphatic carbocycles. The van der Waals surface area contributed by atoms with Gasteiger partial charge >= 0.3 is 6.09 Å². The summed E-state index contributed by atoms with van der Waals surface area (Å²) in [5, 5.41) is 2.81. The molecule has 1 saturated heterocycles. The van der Waals surface area contributed by atoms with E-state index in [1.165, 1.54) is 0 Å². The Balaban J connectivity index is 2.28. The Kier molecular flexibility index (Phi) is 8.01. The Labute approximate surface area is 144 Å². The number of carbonyl (C=O) groups excluding carboxylic acids is 3. The molecule has 3 amide bonds. The maximum atomic E-state index is 12.1. The number of nitrogens with one attached hydrogen (secondary N) is 1.